The van der Waals surface area contributed by atoms with E-state index in [0.717, 1.165) is 22.6 Å². The SMILES string of the molecule is CC(C)(C)Oc1cccc(-c2ccccc2-c2cccc(OC(C)(C)C)c2)c1. The largest absolute Gasteiger partial charge is 0.488 e. The molecule has 0 aromatic heterocycles. The van der Waals surface area contributed by atoms with Gasteiger partial charge in [-0.3, -0.25) is 0 Å². The molecule has 0 radical (unpaired) electrons. The molecule has 0 saturated carbocycles. The topological polar surface area (TPSA) is 18.5 Å². The summed E-state index contributed by atoms with van der Waals surface area (Å²) < 4.78 is 12.1. The summed E-state index contributed by atoms with van der Waals surface area (Å²) in [6.07, 6.45) is 0. The number of hydrogen-bond donors (Lipinski definition) is 0. The fourth-order valence-corrected chi connectivity index (χ4v) is 3.15. The van der Waals surface area contributed by atoms with Gasteiger partial charge in [0.1, 0.15) is 22.7 Å². The van der Waals surface area contributed by atoms with Gasteiger partial charge in [0.2, 0.25) is 0 Å². The molecular weight excluding hydrogens is 344 g/mol. The Bertz CT molecular complexity index is 864. The first-order valence-electron chi connectivity index (χ1n) is 9.79. The molecule has 0 aliphatic heterocycles. The highest BCUT2D eigenvalue weighted by atomic mass is 16.5. The first-order chi connectivity index (χ1) is 13.1. The van der Waals surface area contributed by atoms with Crippen molar-refractivity contribution in [1.29, 1.82) is 0 Å². The number of hydrogen-bond acceptors (Lipinski definition) is 2. The lowest BCUT2D eigenvalue weighted by atomic mass is 9.94. The van der Waals surface area contributed by atoms with Crippen molar-refractivity contribution >= 4 is 0 Å². The molecule has 0 saturated heterocycles. The van der Waals surface area contributed by atoms with Crippen LogP contribution in [-0.2, 0) is 0 Å². The Morgan fingerprint density at radius 1 is 0.500 bits per heavy atom. The summed E-state index contributed by atoms with van der Waals surface area (Å²) in [5.41, 5.74) is 4.18. The van der Waals surface area contributed by atoms with Crippen molar-refractivity contribution in [1.82, 2.24) is 0 Å². The highest BCUT2D eigenvalue weighted by Gasteiger charge is 2.15. The summed E-state index contributed by atoms with van der Waals surface area (Å²) in [6.45, 7) is 12.4. The summed E-state index contributed by atoms with van der Waals surface area (Å²) in [4.78, 5) is 0. The lowest BCUT2D eigenvalue weighted by Crippen LogP contribution is -2.22. The molecule has 3 aromatic carbocycles. The van der Waals surface area contributed by atoms with E-state index in [0.29, 0.717) is 0 Å². The van der Waals surface area contributed by atoms with Gasteiger partial charge in [-0.25, -0.2) is 0 Å². The van der Waals surface area contributed by atoms with Gasteiger partial charge in [0.05, 0.1) is 0 Å². The van der Waals surface area contributed by atoms with Gasteiger partial charge in [-0.1, -0.05) is 48.5 Å². The van der Waals surface area contributed by atoms with Crippen LogP contribution in [0.5, 0.6) is 11.5 Å². The Morgan fingerprint density at radius 2 is 0.893 bits per heavy atom. The molecule has 0 atom stereocenters. The third-order valence-electron chi connectivity index (χ3n) is 4.07. The van der Waals surface area contributed by atoms with Gasteiger partial charge < -0.3 is 9.47 Å². The first-order valence-corrected chi connectivity index (χ1v) is 9.79. The zero-order valence-corrected chi connectivity index (χ0v) is 17.7. The van der Waals surface area contributed by atoms with Crippen molar-refractivity contribution in [3.63, 3.8) is 0 Å². The summed E-state index contributed by atoms with van der Waals surface area (Å²) in [7, 11) is 0. The van der Waals surface area contributed by atoms with E-state index in [1.807, 2.05) is 24.3 Å². The molecule has 28 heavy (non-hydrogen) atoms. The monoisotopic (exact) mass is 374 g/mol. The Kier molecular flexibility index (Phi) is 5.51. The van der Waals surface area contributed by atoms with Gasteiger partial charge in [0, 0.05) is 0 Å². The molecule has 0 aliphatic rings. The maximum Gasteiger partial charge on any atom is 0.120 e. The molecule has 0 bridgehead atoms. The van der Waals surface area contributed by atoms with Crippen molar-refractivity contribution < 1.29 is 9.47 Å². The van der Waals surface area contributed by atoms with Crippen molar-refractivity contribution in [3.8, 4) is 33.8 Å². The summed E-state index contributed by atoms with van der Waals surface area (Å²) >= 11 is 0. The molecule has 0 heterocycles. The standard InChI is InChI=1S/C26H30O2/c1-25(2,3)27-21-13-9-11-19(17-21)23-15-7-8-16-24(23)20-12-10-14-22(18-20)28-26(4,5)6/h7-18H,1-6H3. The van der Waals surface area contributed by atoms with Crippen molar-refractivity contribution in [3.05, 3.63) is 72.8 Å². The predicted molar refractivity (Wildman–Crippen MR) is 118 cm³/mol. The maximum atomic E-state index is 6.06. The average molecular weight is 375 g/mol. The van der Waals surface area contributed by atoms with Crippen molar-refractivity contribution in [2.45, 2.75) is 52.7 Å². The van der Waals surface area contributed by atoms with E-state index in [-0.39, 0.29) is 11.2 Å². The predicted octanol–water partition coefficient (Wildman–Crippen LogP) is 7.38. The second kappa shape index (κ2) is 7.71. The minimum atomic E-state index is -0.225. The third kappa shape index (κ3) is 5.39. The van der Waals surface area contributed by atoms with Crippen LogP contribution in [0.3, 0.4) is 0 Å². The molecule has 0 N–H and O–H groups in total. The van der Waals surface area contributed by atoms with E-state index >= 15 is 0 Å². The Hall–Kier alpha value is -2.74. The van der Waals surface area contributed by atoms with Crippen molar-refractivity contribution in [2.24, 2.45) is 0 Å². The zero-order chi connectivity index (χ0) is 20.4. The van der Waals surface area contributed by atoms with Crippen LogP contribution in [0.4, 0.5) is 0 Å². The van der Waals surface area contributed by atoms with E-state index in [1.54, 1.807) is 0 Å². The third-order valence-corrected chi connectivity index (χ3v) is 4.07. The Morgan fingerprint density at radius 3 is 1.25 bits per heavy atom. The second-order valence-electron chi connectivity index (χ2n) is 9.03. The Balaban J connectivity index is 2.01. The van der Waals surface area contributed by atoms with Gasteiger partial charge in [-0.05, 0) is 88.1 Å². The summed E-state index contributed by atoms with van der Waals surface area (Å²) in [6, 6.07) is 25.1. The summed E-state index contributed by atoms with van der Waals surface area (Å²) in [5.74, 6) is 1.76. The molecule has 3 aromatic rings. The molecule has 146 valence electrons. The van der Waals surface area contributed by atoms with E-state index in [1.165, 1.54) is 11.1 Å². The molecule has 0 unspecified atom stereocenters. The van der Waals surface area contributed by atoms with Crippen molar-refractivity contribution in [2.75, 3.05) is 0 Å². The van der Waals surface area contributed by atoms with E-state index < -0.39 is 0 Å². The fraction of sp³-hybridized carbons (Fsp3) is 0.308. The van der Waals surface area contributed by atoms with Crippen LogP contribution in [0.25, 0.3) is 22.3 Å². The van der Waals surface area contributed by atoms with Gasteiger partial charge >= 0.3 is 0 Å². The molecule has 2 nitrogen and oxygen atoms in total. The molecule has 0 amide bonds. The molecule has 0 fully saturated rings. The van der Waals surface area contributed by atoms with Crippen LogP contribution in [0.15, 0.2) is 72.8 Å². The van der Waals surface area contributed by atoms with Gasteiger partial charge in [-0.15, -0.1) is 0 Å². The fourth-order valence-electron chi connectivity index (χ4n) is 3.15. The molecule has 2 heteroatoms. The van der Waals surface area contributed by atoms with Gasteiger partial charge in [0.15, 0.2) is 0 Å². The van der Waals surface area contributed by atoms with Crippen LogP contribution in [-0.4, -0.2) is 11.2 Å². The van der Waals surface area contributed by atoms with E-state index in [9.17, 15) is 0 Å². The van der Waals surface area contributed by atoms with Crippen LogP contribution < -0.4 is 9.47 Å². The van der Waals surface area contributed by atoms with E-state index in [4.69, 9.17) is 9.47 Å². The quantitative estimate of drug-likeness (QED) is 0.474. The smallest absolute Gasteiger partial charge is 0.120 e. The van der Waals surface area contributed by atoms with Crippen LogP contribution >= 0.6 is 0 Å². The molecule has 0 aliphatic carbocycles. The number of ether oxygens (including phenoxy) is 2. The molecular formula is C26H30O2. The normalized spacial score (nSPS) is 11.9. The zero-order valence-electron chi connectivity index (χ0n) is 17.7. The van der Waals surface area contributed by atoms with Gasteiger partial charge in [-0.2, -0.15) is 0 Å². The molecule has 0 spiro atoms. The van der Waals surface area contributed by atoms with E-state index in [2.05, 4.69) is 90.1 Å². The first kappa shape index (κ1) is 20.0. The highest BCUT2D eigenvalue weighted by molar-refractivity contribution is 5.84. The van der Waals surface area contributed by atoms with Gasteiger partial charge in [0.25, 0.3) is 0 Å². The van der Waals surface area contributed by atoms with Crippen LogP contribution in [0, 0.1) is 0 Å². The van der Waals surface area contributed by atoms with Crippen LogP contribution in [0.1, 0.15) is 41.5 Å². The average Bonchev–Trinajstić information content (AvgIpc) is 2.59. The number of benzene rings is 3. The maximum absolute atomic E-state index is 6.06. The molecule has 3 rings (SSSR count). The highest BCUT2D eigenvalue weighted by Crippen LogP contribution is 2.35. The lowest BCUT2D eigenvalue weighted by molar-refractivity contribution is 0.130. The second-order valence-corrected chi connectivity index (χ2v) is 9.03. The van der Waals surface area contributed by atoms with Crippen LogP contribution in [0.2, 0.25) is 0 Å². The Labute approximate surface area is 169 Å². The lowest BCUT2D eigenvalue weighted by Gasteiger charge is -2.22. The summed E-state index contributed by atoms with van der Waals surface area (Å²) in [5, 5.41) is 0. The minimum absolute atomic E-state index is 0.225. The number of rotatable bonds is 4. The minimum Gasteiger partial charge on any atom is -0.488 e.